The molecule has 5 rings (SSSR count). The fourth-order valence-electron chi connectivity index (χ4n) is 4.26. The highest BCUT2D eigenvalue weighted by Crippen LogP contribution is 2.41. The van der Waals surface area contributed by atoms with Crippen LogP contribution in [-0.2, 0) is 0 Å². The maximum atomic E-state index is 5.78. The SMILES string of the molecule is COc1cc2c(cc1-c1c(C)noc1C)[nH]c1nc(C)nc(Nc3cccc(N(C)C)c3)c12. The van der Waals surface area contributed by atoms with E-state index in [0.29, 0.717) is 5.82 Å². The van der Waals surface area contributed by atoms with Gasteiger partial charge in [-0.15, -0.1) is 0 Å². The lowest BCUT2D eigenvalue weighted by molar-refractivity contribution is 0.393. The normalized spacial score (nSPS) is 11.3. The van der Waals surface area contributed by atoms with Crippen molar-refractivity contribution < 1.29 is 9.26 Å². The Hall–Kier alpha value is -4.07. The minimum Gasteiger partial charge on any atom is -0.496 e. The van der Waals surface area contributed by atoms with Crippen LogP contribution in [0.2, 0.25) is 0 Å². The number of aryl methyl sites for hydroxylation is 3. The zero-order valence-electron chi connectivity index (χ0n) is 19.6. The first-order chi connectivity index (χ1) is 15.9. The van der Waals surface area contributed by atoms with E-state index in [2.05, 4.69) is 43.5 Å². The molecule has 168 valence electrons. The van der Waals surface area contributed by atoms with Gasteiger partial charge in [0, 0.05) is 41.9 Å². The lowest BCUT2D eigenvalue weighted by atomic mass is 10.0. The quantitative estimate of drug-likeness (QED) is 0.371. The first-order valence-corrected chi connectivity index (χ1v) is 10.7. The van der Waals surface area contributed by atoms with Crippen LogP contribution in [0.1, 0.15) is 17.3 Å². The Labute approximate surface area is 191 Å². The average Bonchev–Trinajstić information content (AvgIpc) is 3.31. The number of hydrogen-bond donors (Lipinski definition) is 2. The first kappa shape index (κ1) is 20.8. The van der Waals surface area contributed by atoms with Crippen LogP contribution in [0.3, 0.4) is 0 Å². The molecule has 2 aromatic carbocycles. The van der Waals surface area contributed by atoms with Crippen molar-refractivity contribution in [3.8, 4) is 16.9 Å². The van der Waals surface area contributed by atoms with Gasteiger partial charge in [-0.2, -0.15) is 0 Å². The number of benzene rings is 2. The zero-order chi connectivity index (χ0) is 23.3. The van der Waals surface area contributed by atoms with Gasteiger partial charge >= 0.3 is 0 Å². The highest BCUT2D eigenvalue weighted by atomic mass is 16.5. The Balaban J connectivity index is 1.72. The lowest BCUT2D eigenvalue weighted by Gasteiger charge is -2.15. The van der Waals surface area contributed by atoms with Crippen molar-refractivity contribution in [3.05, 3.63) is 53.7 Å². The van der Waals surface area contributed by atoms with Gasteiger partial charge in [0.1, 0.15) is 28.8 Å². The van der Waals surface area contributed by atoms with Gasteiger partial charge in [0.15, 0.2) is 0 Å². The van der Waals surface area contributed by atoms with E-state index in [1.165, 1.54) is 0 Å². The molecule has 0 fully saturated rings. The van der Waals surface area contributed by atoms with Gasteiger partial charge in [0.2, 0.25) is 0 Å². The second-order valence-electron chi connectivity index (χ2n) is 8.34. The highest BCUT2D eigenvalue weighted by molar-refractivity contribution is 6.13. The number of H-pyrrole nitrogens is 1. The Kier molecular flexibility index (Phi) is 4.92. The fraction of sp³-hybridized carbons (Fsp3) is 0.240. The summed E-state index contributed by atoms with van der Waals surface area (Å²) in [6, 6.07) is 12.3. The number of hydrogen-bond acceptors (Lipinski definition) is 7. The van der Waals surface area contributed by atoms with Crippen molar-refractivity contribution >= 4 is 39.1 Å². The standard InChI is InChI=1S/C25H26N6O2/c1-13-22(14(2)33-30-13)19-11-20-18(12-21(19)32-6)23-24(26-15(3)27-25(23)29-20)28-16-8-7-9-17(10-16)31(4)5/h7-12H,1-6H3,(H2,26,27,28,29). The summed E-state index contributed by atoms with van der Waals surface area (Å²) in [6.45, 7) is 5.73. The van der Waals surface area contributed by atoms with Crippen molar-refractivity contribution in [1.29, 1.82) is 0 Å². The van der Waals surface area contributed by atoms with E-state index < -0.39 is 0 Å². The summed E-state index contributed by atoms with van der Waals surface area (Å²) < 4.78 is 11.2. The largest absolute Gasteiger partial charge is 0.496 e. The third-order valence-electron chi connectivity index (χ3n) is 5.81. The van der Waals surface area contributed by atoms with Gasteiger partial charge in [-0.1, -0.05) is 11.2 Å². The number of ether oxygens (including phenoxy) is 1. The number of rotatable bonds is 5. The van der Waals surface area contributed by atoms with Crippen LogP contribution in [0, 0.1) is 20.8 Å². The van der Waals surface area contributed by atoms with Crippen molar-refractivity contribution in [2.24, 2.45) is 0 Å². The van der Waals surface area contributed by atoms with Crippen LogP contribution in [0.5, 0.6) is 5.75 Å². The molecule has 0 radical (unpaired) electrons. The number of nitrogens with zero attached hydrogens (tertiary/aromatic N) is 4. The summed E-state index contributed by atoms with van der Waals surface area (Å²) in [7, 11) is 5.72. The number of aromatic amines is 1. The highest BCUT2D eigenvalue weighted by Gasteiger charge is 2.20. The first-order valence-electron chi connectivity index (χ1n) is 10.7. The summed E-state index contributed by atoms with van der Waals surface area (Å²) >= 11 is 0. The molecular formula is C25H26N6O2. The third-order valence-corrected chi connectivity index (χ3v) is 5.81. The number of methoxy groups -OCH3 is 1. The second-order valence-corrected chi connectivity index (χ2v) is 8.34. The van der Waals surface area contributed by atoms with Crippen molar-refractivity contribution in [2.45, 2.75) is 20.8 Å². The molecule has 33 heavy (non-hydrogen) atoms. The fourth-order valence-corrected chi connectivity index (χ4v) is 4.26. The van der Waals surface area contributed by atoms with Gasteiger partial charge in [-0.05, 0) is 51.1 Å². The van der Waals surface area contributed by atoms with E-state index in [9.17, 15) is 0 Å². The minimum absolute atomic E-state index is 0.679. The molecule has 3 aromatic heterocycles. The molecule has 0 aliphatic heterocycles. The molecule has 0 bridgehead atoms. The van der Waals surface area contributed by atoms with Gasteiger partial charge in [-0.3, -0.25) is 0 Å². The van der Waals surface area contributed by atoms with Crippen LogP contribution in [0.15, 0.2) is 40.9 Å². The van der Waals surface area contributed by atoms with Crippen LogP contribution >= 0.6 is 0 Å². The molecule has 0 saturated heterocycles. The van der Waals surface area contributed by atoms with Crippen molar-refractivity contribution in [2.75, 3.05) is 31.4 Å². The Morgan fingerprint density at radius 1 is 1.06 bits per heavy atom. The van der Waals surface area contributed by atoms with Gasteiger partial charge in [0.25, 0.3) is 0 Å². The van der Waals surface area contributed by atoms with Gasteiger partial charge in [0.05, 0.1) is 23.8 Å². The molecule has 0 unspecified atom stereocenters. The summed E-state index contributed by atoms with van der Waals surface area (Å²) in [5.41, 5.74) is 6.44. The summed E-state index contributed by atoms with van der Waals surface area (Å²) in [4.78, 5) is 14.9. The Morgan fingerprint density at radius 3 is 2.58 bits per heavy atom. The van der Waals surface area contributed by atoms with E-state index >= 15 is 0 Å². The number of aromatic nitrogens is 4. The molecule has 5 aromatic rings. The second kappa shape index (κ2) is 7.81. The predicted molar refractivity (Wildman–Crippen MR) is 132 cm³/mol. The van der Waals surface area contributed by atoms with Crippen LogP contribution in [0.25, 0.3) is 33.1 Å². The Bertz CT molecular complexity index is 1480. The summed E-state index contributed by atoms with van der Waals surface area (Å²) in [5, 5.41) is 9.49. The number of anilines is 3. The van der Waals surface area contributed by atoms with E-state index in [-0.39, 0.29) is 0 Å². The molecule has 0 aliphatic carbocycles. The zero-order valence-corrected chi connectivity index (χ0v) is 19.6. The third kappa shape index (κ3) is 3.53. The summed E-state index contributed by atoms with van der Waals surface area (Å²) in [5.74, 6) is 2.91. The van der Waals surface area contributed by atoms with Gasteiger partial charge < -0.3 is 24.5 Å². The predicted octanol–water partition coefficient (Wildman–Crippen LogP) is 5.51. The van der Waals surface area contributed by atoms with Crippen molar-refractivity contribution in [1.82, 2.24) is 20.1 Å². The summed E-state index contributed by atoms with van der Waals surface area (Å²) in [6.07, 6.45) is 0. The molecule has 8 nitrogen and oxygen atoms in total. The molecule has 0 spiro atoms. The Morgan fingerprint density at radius 2 is 1.88 bits per heavy atom. The maximum Gasteiger partial charge on any atom is 0.144 e. The van der Waals surface area contributed by atoms with E-state index in [4.69, 9.17) is 14.2 Å². The molecule has 0 amide bonds. The number of nitrogens with one attached hydrogen (secondary N) is 2. The van der Waals surface area contributed by atoms with Crippen LogP contribution < -0.4 is 15.0 Å². The molecule has 3 heterocycles. The maximum absolute atomic E-state index is 5.78. The van der Waals surface area contributed by atoms with Gasteiger partial charge in [-0.25, -0.2) is 9.97 Å². The molecule has 8 heteroatoms. The van der Waals surface area contributed by atoms with E-state index in [1.807, 2.05) is 53.1 Å². The molecule has 2 N–H and O–H groups in total. The molecule has 0 atom stereocenters. The van der Waals surface area contributed by atoms with E-state index in [1.54, 1.807) is 7.11 Å². The van der Waals surface area contributed by atoms with Crippen LogP contribution in [-0.4, -0.2) is 41.3 Å². The van der Waals surface area contributed by atoms with Crippen molar-refractivity contribution in [3.63, 3.8) is 0 Å². The average molecular weight is 443 g/mol. The topological polar surface area (TPSA) is 92.1 Å². The molecule has 0 saturated carbocycles. The van der Waals surface area contributed by atoms with E-state index in [0.717, 1.165) is 67.5 Å². The van der Waals surface area contributed by atoms with Crippen LogP contribution in [0.4, 0.5) is 17.2 Å². The minimum atomic E-state index is 0.679. The molecular weight excluding hydrogens is 416 g/mol. The smallest absolute Gasteiger partial charge is 0.144 e. The lowest BCUT2D eigenvalue weighted by Crippen LogP contribution is -2.08. The number of fused-ring (bicyclic) bond motifs is 3. The monoisotopic (exact) mass is 442 g/mol. The molecule has 0 aliphatic rings.